The fourth-order valence-electron chi connectivity index (χ4n) is 2.11. The molecule has 0 fully saturated rings. The van der Waals surface area contributed by atoms with Crippen molar-refractivity contribution in [2.24, 2.45) is 0 Å². The number of aromatic nitrogens is 1. The summed E-state index contributed by atoms with van der Waals surface area (Å²) in [5, 5.41) is 0. The molecule has 4 heteroatoms. The highest BCUT2D eigenvalue weighted by molar-refractivity contribution is 6.00. The lowest BCUT2D eigenvalue weighted by Crippen LogP contribution is -2.27. The van der Waals surface area contributed by atoms with Crippen LogP contribution in [0.25, 0.3) is 11.1 Å². The minimum atomic E-state index is -0.315. The van der Waals surface area contributed by atoms with E-state index in [9.17, 15) is 4.79 Å². The van der Waals surface area contributed by atoms with E-state index in [1.807, 2.05) is 48.5 Å². The van der Waals surface area contributed by atoms with Gasteiger partial charge in [0.15, 0.2) is 0 Å². The van der Waals surface area contributed by atoms with E-state index < -0.39 is 0 Å². The van der Waals surface area contributed by atoms with E-state index in [4.69, 9.17) is 4.84 Å². The summed E-state index contributed by atoms with van der Waals surface area (Å²) in [5.41, 5.74) is 4.80. The van der Waals surface area contributed by atoms with Crippen LogP contribution in [0, 0.1) is 0 Å². The highest BCUT2D eigenvalue weighted by atomic mass is 16.7. The van der Waals surface area contributed by atoms with Gasteiger partial charge in [-0.3, -0.25) is 4.79 Å². The van der Waals surface area contributed by atoms with Gasteiger partial charge < -0.3 is 4.84 Å². The number of nitrogens with zero attached hydrogens (tertiary/aromatic N) is 1. The molecule has 4 nitrogen and oxygen atoms in total. The molecule has 1 aromatic heterocycles. The SMILES string of the molecule is O=C(NOc1ccccn1)c1ccccc1-c1ccccc1. The van der Waals surface area contributed by atoms with Crippen LogP contribution in [0.1, 0.15) is 10.4 Å². The third-order valence-corrected chi connectivity index (χ3v) is 3.14. The fraction of sp³-hybridized carbons (Fsp3) is 0. The Morgan fingerprint density at radius 1 is 0.864 bits per heavy atom. The van der Waals surface area contributed by atoms with Crippen LogP contribution < -0.4 is 10.3 Å². The first-order chi connectivity index (χ1) is 10.8. The van der Waals surface area contributed by atoms with Crippen LogP contribution in [0.2, 0.25) is 0 Å². The van der Waals surface area contributed by atoms with Crippen molar-refractivity contribution in [2.45, 2.75) is 0 Å². The molecule has 0 aliphatic heterocycles. The van der Waals surface area contributed by atoms with Crippen molar-refractivity contribution in [1.29, 1.82) is 0 Å². The number of hydroxylamine groups is 1. The molecule has 0 bridgehead atoms. The van der Waals surface area contributed by atoms with E-state index in [1.54, 1.807) is 30.5 Å². The van der Waals surface area contributed by atoms with Crippen LogP contribution >= 0.6 is 0 Å². The van der Waals surface area contributed by atoms with Crippen LogP contribution in [-0.4, -0.2) is 10.9 Å². The van der Waals surface area contributed by atoms with Gasteiger partial charge in [-0.2, -0.15) is 5.48 Å². The summed E-state index contributed by atoms with van der Waals surface area (Å²) in [6, 6.07) is 22.4. The maximum absolute atomic E-state index is 12.3. The topological polar surface area (TPSA) is 51.2 Å². The number of amides is 1. The van der Waals surface area contributed by atoms with Crippen molar-refractivity contribution >= 4 is 5.91 Å². The fourth-order valence-corrected chi connectivity index (χ4v) is 2.11. The van der Waals surface area contributed by atoms with Gasteiger partial charge in [0.25, 0.3) is 5.91 Å². The lowest BCUT2D eigenvalue weighted by atomic mass is 9.99. The summed E-state index contributed by atoms with van der Waals surface area (Å²) in [7, 11) is 0. The lowest BCUT2D eigenvalue weighted by Gasteiger charge is -2.10. The zero-order chi connectivity index (χ0) is 15.2. The molecule has 0 unspecified atom stereocenters. The number of hydrogen-bond acceptors (Lipinski definition) is 3. The van der Waals surface area contributed by atoms with Crippen molar-refractivity contribution in [3.05, 3.63) is 84.6 Å². The Morgan fingerprint density at radius 3 is 2.36 bits per heavy atom. The number of benzene rings is 2. The van der Waals surface area contributed by atoms with E-state index in [1.165, 1.54) is 0 Å². The van der Waals surface area contributed by atoms with E-state index in [-0.39, 0.29) is 5.91 Å². The number of pyridine rings is 1. The maximum Gasteiger partial charge on any atom is 0.284 e. The first kappa shape index (κ1) is 13.8. The zero-order valence-electron chi connectivity index (χ0n) is 11.8. The van der Waals surface area contributed by atoms with E-state index in [2.05, 4.69) is 10.5 Å². The molecule has 3 aromatic rings. The molecular weight excluding hydrogens is 276 g/mol. The summed E-state index contributed by atoms with van der Waals surface area (Å²) < 4.78 is 0. The van der Waals surface area contributed by atoms with Crippen LogP contribution in [0.4, 0.5) is 0 Å². The van der Waals surface area contributed by atoms with Gasteiger partial charge in [-0.1, -0.05) is 54.6 Å². The number of nitrogens with one attached hydrogen (secondary N) is 1. The molecule has 0 saturated heterocycles. The van der Waals surface area contributed by atoms with E-state index in [0.29, 0.717) is 11.4 Å². The van der Waals surface area contributed by atoms with Gasteiger partial charge in [0.1, 0.15) is 0 Å². The molecule has 0 aliphatic carbocycles. The smallest absolute Gasteiger partial charge is 0.284 e. The van der Waals surface area contributed by atoms with Gasteiger partial charge >= 0.3 is 0 Å². The second-order valence-corrected chi connectivity index (χ2v) is 4.61. The highest BCUT2D eigenvalue weighted by Crippen LogP contribution is 2.23. The zero-order valence-corrected chi connectivity index (χ0v) is 11.8. The first-order valence-corrected chi connectivity index (χ1v) is 6.87. The second-order valence-electron chi connectivity index (χ2n) is 4.61. The number of rotatable bonds is 4. The van der Waals surface area contributed by atoms with E-state index >= 15 is 0 Å². The summed E-state index contributed by atoms with van der Waals surface area (Å²) in [6.07, 6.45) is 1.60. The molecule has 0 spiro atoms. The molecule has 1 heterocycles. The molecule has 0 atom stereocenters. The Kier molecular flexibility index (Phi) is 4.11. The van der Waals surface area contributed by atoms with Crippen molar-refractivity contribution < 1.29 is 9.63 Å². The average Bonchev–Trinajstić information content (AvgIpc) is 2.61. The van der Waals surface area contributed by atoms with Crippen molar-refractivity contribution in [2.75, 3.05) is 0 Å². The third kappa shape index (κ3) is 3.12. The quantitative estimate of drug-likeness (QED) is 0.748. The Morgan fingerprint density at radius 2 is 1.59 bits per heavy atom. The number of hydrogen-bond donors (Lipinski definition) is 1. The molecule has 0 radical (unpaired) electrons. The Balaban J connectivity index is 1.81. The van der Waals surface area contributed by atoms with Gasteiger partial charge in [-0.05, 0) is 23.3 Å². The maximum atomic E-state index is 12.3. The first-order valence-electron chi connectivity index (χ1n) is 6.87. The van der Waals surface area contributed by atoms with Crippen LogP contribution in [-0.2, 0) is 0 Å². The van der Waals surface area contributed by atoms with Crippen molar-refractivity contribution in [3.63, 3.8) is 0 Å². The van der Waals surface area contributed by atoms with Gasteiger partial charge in [0.2, 0.25) is 5.88 Å². The minimum Gasteiger partial charge on any atom is -0.359 e. The summed E-state index contributed by atoms with van der Waals surface area (Å²) in [4.78, 5) is 21.5. The van der Waals surface area contributed by atoms with Crippen LogP contribution in [0.3, 0.4) is 0 Å². The molecule has 1 N–H and O–H groups in total. The standard InChI is InChI=1S/C18H14N2O2/c21-18(20-22-17-12-6-7-13-19-17)16-11-5-4-10-15(16)14-8-2-1-3-9-14/h1-13H,(H,20,21). The molecule has 108 valence electrons. The highest BCUT2D eigenvalue weighted by Gasteiger charge is 2.12. The molecule has 3 rings (SSSR count). The average molecular weight is 290 g/mol. The molecule has 0 aliphatic rings. The third-order valence-electron chi connectivity index (χ3n) is 3.14. The Hall–Kier alpha value is -3.14. The lowest BCUT2D eigenvalue weighted by molar-refractivity contribution is 0.0751. The largest absolute Gasteiger partial charge is 0.359 e. The Labute approximate surface area is 128 Å². The predicted molar refractivity (Wildman–Crippen MR) is 84.2 cm³/mol. The molecule has 1 amide bonds. The Bertz CT molecular complexity index is 758. The number of carbonyl (C=O) groups is 1. The summed E-state index contributed by atoms with van der Waals surface area (Å²) >= 11 is 0. The summed E-state index contributed by atoms with van der Waals surface area (Å²) in [5.74, 6) is 0.0261. The normalized spacial score (nSPS) is 10.0. The van der Waals surface area contributed by atoms with Crippen LogP contribution in [0.5, 0.6) is 5.88 Å². The van der Waals surface area contributed by atoms with Crippen LogP contribution in [0.15, 0.2) is 79.0 Å². The molecule has 22 heavy (non-hydrogen) atoms. The summed E-state index contributed by atoms with van der Waals surface area (Å²) in [6.45, 7) is 0. The van der Waals surface area contributed by atoms with Gasteiger partial charge in [0, 0.05) is 12.3 Å². The molecule has 0 saturated carbocycles. The molecular formula is C18H14N2O2. The van der Waals surface area contributed by atoms with Crippen molar-refractivity contribution in [1.82, 2.24) is 10.5 Å². The van der Waals surface area contributed by atoms with Crippen molar-refractivity contribution in [3.8, 4) is 17.0 Å². The monoisotopic (exact) mass is 290 g/mol. The van der Waals surface area contributed by atoms with Gasteiger partial charge in [-0.15, -0.1) is 0 Å². The molecule has 2 aromatic carbocycles. The van der Waals surface area contributed by atoms with Gasteiger partial charge in [-0.25, -0.2) is 4.98 Å². The minimum absolute atomic E-state index is 0.315. The van der Waals surface area contributed by atoms with E-state index in [0.717, 1.165) is 11.1 Å². The number of carbonyl (C=O) groups excluding carboxylic acids is 1. The van der Waals surface area contributed by atoms with Gasteiger partial charge in [0.05, 0.1) is 5.56 Å². The predicted octanol–water partition coefficient (Wildman–Crippen LogP) is 3.47. The second kappa shape index (κ2) is 6.54.